The van der Waals surface area contributed by atoms with Crippen LogP contribution < -0.4 is 10.1 Å². The fourth-order valence-electron chi connectivity index (χ4n) is 3.76. The van der Waals surface area contributed by atoms with E-state index in [1.54, 1.807) is 19.1 Å². The van der Waals surface area contributed by atoms with Gasteiger partial charge in [-0.1, -0.05) is 66.7 Å². The highest BCUT2D eigenvalue weighted by molar-refractivity contribution is 5.88. The van der Waals surface area contributed by atoms with Gasteiger partial charge < -0.3 is 15.0 Å². The number of carbonyl (C=O) groups is 2. The molecule has 0 spiro atoms. The fraction of sp³-hybridized carbons (Fsp3) is 0.259. The summed E-state index contributed by atoms with van der Waals surface area (Å²) in [5, 5.41) is 2.75. The van der Waals surface area contributed by atoms with E-state index in [-0.39, 0.29) is 18.2 Å². The molecule has 0 radical (unpaired) electrons. The van der Waals surface area contributed by atoms with Gasteiger partial charge >= 0.3 is 0 Å². The number of methoxy groups -OCH3 is 1. The van der Waals surface area contributed by atoms with Crippen molar-refractivity contribution in [2.45, 2.75) is 32.4 Å². The predicted molar refractivity (Wildman–Crippen MR) is 126 cm³/mol. The maximum atomic E-state index is 13.6. The maximum Gasteiger partial charge on any atom is 0.242 e. The van der Waals surface area contributed by atoms with Crippen LogP contribution in [-0.2, 0) is 29.0 Å². The highest BCUT2D eigenvalue weighted by Gasteiger charge is 2.30. The van der Waals surface area contributed by atoms with Crippen molar-refractivity contribution in [1.29, 1.82) is 0 Å². The van der Waals surface area contributed by atoms with E-state index in [4.69, 9.17) is 4.74 Å². The molecule has 166 valence electrons. The first kappa shape index (κ1) is 23.1. The van der Waals surface area contributed by atoms with E-state index in [9.17, 15) is 9.59 Å². The minimum Gasteiger partial charge on any atom is -0.497 e. The van der Waals surface area contributed by atoms with E-state index in [1.165, 1.54) is 0 Å². The lowest BCUT2D eigenvalue weighted by Gasteiger charge is -2.31. The number of rotatable bonds is 9. The van der Waals surface area contributed by atoms with Gasteiger partial charge in [0.2, 0.25) is 11.8 Å². The smallest absolute Gasteiger partial charge is 0.242 e. The van der Waals surface area contributed by atoms with Crippen molar-refractivity contribution in [3.63, 3.8) is 0 Å². The van der Waals surface area contributed by atoms with Crippen LogP contribution in [-0.4, -0.2) is 36.9 Å². The second kappa shape index (κ2) is 11.1. The molecule has 0 saturated heterocycles. The van der Waals surface area contributed by atoms with E-state index in [2.05, 4.69) is 5.32 Å². The molecule has 0 aliphatic rings. The number of amides is 2. The summed E-state index contributed by atoms with van der Waals surface area (Å²) in [7, 11) is 3.22. The summed E-state index contributed by atoms with van der Waals surface area (Å²) in [5.41, 5.74) is 3.93. The van der Waals surface area contributed by atoms with Crippen molar-refractivity contribution >= 4 is 11.8 Å². The number of hydrogen-bond acceptors (Lipinski definition) is 3. The molecule has 1 N–H and O–H groups in total. The molecule has 0 fully saturated rings. The Hall–Kier alpha value is -3.60. The minimum atomic E-state index is -0.634. The van der Waals surface area contributed by atoms with Crippen molar-refractivity contribution in [2.75, 3.05) is 14.2 Å². The number of carbonyl (C=O) groups excluding carboxylic acids is 2. The van der Waals surface area contributed by atoms with Crippen LogP contribution in [0.5, 0.6) is 5.75 Å². The van der Waals surface area contributed by atoms with E-state index in [0.29, 0.717) is 18.7 Å². The number of ether oxygens (including phenoxy) is 1. The Bertz CT molecular complexity index is 1050. The third kappa shape index (κ3) is 5.97. The Labute approximate surface area is 190 Å². The molecule has 1 atom stereocenters. The lowest BCUT2D eigenvalue weighted by molar-refractivity contribution is -0.140. The maximum absolute atomic E-state index is 13.6. The van der Waals surface area contributed by atoms with E-state index in [1.807, 2.05) is 85.8 Å². The summed E-state index contributed by atoms with van der Waals surface area (Å²) >= 11 is 0. The number of aryl methyl sites for hydroxylation is 1. The third-order valence-electron chi connectivity index (χ3n) is 5.61. The second-order valence-electron chi connectivity index (χ2n) is 7.80. The van der Waals surface area contributed by atoms with Gasteiger partial charge in [-0.25, -0.2) is 0 Å². The van der Waals surface area contributed by atoms with Crippen molar-refractivity contribution in [2.24, 2.45) is 0 Å². The van der Waals surface area contributed by atoms with Gasteiger partial charge in [0.1, 0.15) is 11.8 Å². The van der Waals surface area contributed by atoms with E-state index >= 15 is 0 Å². The zero-order valence-corrected chi connectivity index (χ0v) is 18.9. The molecule has 0 aliphatic heterocycles. The average Bonchev–Trinajstić information content (AvgIpc) is 2.83. The molecular formula is C27H30N2O3. The number of nitrogens with one attached hydrogen (secondary N) is 1. The summed E-state index contributed by atoms with van der Waals surface area (Å²) in [6, 6.07) is 24.6. The van der Waals surface area contributed by atoms with Crippen LogP contribution in [0.25, 0.3) is 0 Å². The Kier molecular flexibility index (Phi) is 8.03. The van der Waals surface area contributed by atoms with Gasteiger partial charge in [-0.3, -0.25) is 9.59 Å². The van der Waals surface area contributed by atoms with Crippen LogP contribution in [0, 0.1) is 6.92 Å². The molecule has 0 bridgehead atoms. The first-order chi connectivity index (χ1) is 15.5. The van der Waals surface area contributed by atoms with Gasteiger partial charge in [-0.15, -0.1) is 0 Å². The zero-order valence-electron chi connectivity index (χ0n) is 18.9. The first-order valence-corrected chi connectivity index (χ1v) is 10.7. The molecule has 0 unspecified atom stereocenters. The molecule has 32 heavy (non-hydrogen) atoms. The molecule has 3 aromatic carbocycles. The molecule has 0 saturated carbocycles. The Balaban J connectivity index is 1.96. The van der Waals surface area contributed by atoms with Crippen LogP contribution in [0.1, 0.15) is 22.3 Å². The molecule has 0 heterocycles. The monoisotopic (exact) mass is 430 g/mol. The number of hydrogen-bond donors (Lipinski definition) is 1. The molecule has 3 aromatic rings. The molecule has 0 aliphatic carbocycles. The minimum absolute atomic E-state index is 0.0911. The molecular weight excluding hydrogens is 400 g/mol. The van der Waals surface area contributed by atoms with E-state index < -0.39 is 6.04 Å². The summed E-state index contributed by atoms with van der Waals surface area (Å²) in [6.07, 6.45) is 0.670. The standard InChI is InChI=1S/C27H30N2O3/c1-20-10-7-8-14-23(20)18-26(30)29(19-22-13-9-15-24(16-22)32-3)25(27(31)28-2)17-21-11-5-4-6-12-21/h4-16,25H,17-19H2,1-3H3,(H,28,31)/t25-/m0/s1. The summed E-state index contributed by atoms with van der Waals surface area (Å²) in [4.78, 5) is 28.2. The van der Waals surface area contributed by atoms with Crippen molar-refractivity contribution in [3.05, 3.63) is 101 Å². The van der Waals surface area contributed by atoms with Crippen molar-refractivity contribution < 1.29 is 14.3 Å². The first-order valence-electron chi connectivity index (χ1n) is 10.7. The number of nitrogens with zero attached hydrogens (tertiary/aromatic N) is 1. The van der Waals surface area contributed by atoms with Gasteiger partial charge in [-0.2, -0.15) is 0 Å². The fourth-order valence-corrected chi connectivity index (χ4v) is 3.76. The van der Waals surface area contributed by atoms with Crippen LogP contribution in [0.4, 0.5) is 0 Å². The quantitative estimate of drug-likeness (QED) is 0.560. The van der Waals surface area contributed by atoms with Gasteiger partial charge in [0.05, 0.1) is 13.5 Å². The van der Waals surface area contributed by atoms with Gasteiger partial charge in [0, 0.05) is 20.0 Å². The highest BCUT2D eigenvalue weighted by atomic mass is 16.5. The Morgan fingerprint density at radius 3 is 2.31 bits per heavy atom. The summed E-state index contributed by atoms with van der Waals surface area (Å²) in [5.74, 6) is 0.440. The molecule has 0 aromatic heterocycles. The number of benzene rings is 3. The lowest BCUT2D eigenvalue weighted by Crippen LogP contribution is -2.50. The molecule has 5 nitrogen and oxygen atoms in total. The third-order valence-corrected chi connectivity index (χ3v) is 5.61. The van der Waals surface area contributed by atoms with Crippen molar-refractivity contribution in [3.8, 4) is 5.75 Å². The zero-order chi connectivity index (χ0) is 22.9. The average molecular weight is 431 g/mol. The van der Waals surface area contributed by atoms with Crippen LogP contribution in [0.15, 0.2) is 78.9 Å². The second-order valence-corrected chi connectivity index (χ2v) is 7.80. The van der Waals surface area contributed by atoms with Crippen LogP contribution >= 0.6 is 0 Å². The summed E-state index contributed by atoms with van der Waals surface area (Å²) < 4.78 is 5.35. The topological polar surface area (TPSA) is 58.6 Å². The van der Waals surface area contributed by atoms with Crippen molar-refractivity contribution in [1.82, 2.24) is 10.2 Å². The molecule has 5 heteroatoms. The van der Waals surface area contributed by atoms with E-state index in [0.717, 1.165) is 22.3 Å². The Morgan fingerprint density at radius 2 is 1.62 bits per heavy atom. The van der Waals surface area contributed by atoms with Gasteiger partial charge in [0.15, 0.2) is 0 Å². The lowest BCUT2D eigenvalue weighted by atomic mass is 10.0. The summed E-state index contributed by atoms with van der Waals surface area (Å²) in [6.45, 7) is 2.31. The normalized spacial score (nSPS) is 11.5. The largest absolute Gasteiger partial charge is 0.497 e. The molecule has 3 rings (SSSR count). The SMILES string of the molecule is CNC(=O)[C@H](Cc1ccccc1)N(Cc1cccc(OC)c1)C(=O)Cc1ccccc1C. The van der Waals surface area contributed by atoms with Gasteiger partial charge in [-0.05, 0) is 41.3 Å². The number of likely N-dealkylation sites (N-methyl/N-ethyl adjacent to an activating group) is 1. The highest BCUT2D eigenvalue weighted by Crippen LogP contribution is 2.20. The Morgan fingerprint density at radius 1 is 0.938 bits per heavy atom. The molecule has 2 amide bonds. The predicted octanol–water partition coefficient (Wildman–Crippen LogP) is 3.93. The van der Waals surface area contributed by atoms with Gasteiger partial charge in [0.25, 0.3) is 0 Å². The van der Waals surface area contributed by atoms with Crippen LogP contribution in [0.2, 0.25) is 0 Å². The van der Waals surface area contributed by atoms with Crippen LogP contribution in [0.3, 0.4) is 0 Å².